The van der Waals surface area contributed by atoms with Crippen molar-refractivity contribution in [1.29, 1.82) is 0 Å². The highest BCUT2D eigenvalue weighted by Gasteiger charge is 1.91. The minimum absolute atomic E-state index is 1.07. The van der Waals surface area contributed by atoms with E-state index in [1.807, 2.05) is 33.8 Å². The van der Waals surface area contributed by atoms with E-state index in [-0.39, 0.29) is 0 Å². The van der Waals surface area contributed by atoms with Crippen LogP contribution in [-0.4, -0.2) is 5.71 Å². The third-order valence-electron chi connectivity index (χ3n) is 1.77. The summed E-state index contributed by atoms with van der Waals surface area (Å²) in [6, 6.07) is 0. The zero-order valence-corrected chi connectivity index (χ0v) is 8.10. The Morgan fingerprint density at radius 1 is 1.00 bits per heavy atom. The summed E-state index contributed by atoms with van der Waals surface area (Å²) < 4.78 is 0. The molecule has 0 atom stereocenters. The van der Waals surface area contributed by atoms with E-state index >= 15 is 0 Å². The van der Waals surface area contributed by atoms with E-state index in [2.05, 4.69) is 18.0 Å². The van der Waals surface area contributed by atoms with Gasteiger partial charge in [-0.3, -0.25) is 4.99 Å². The van der Waals surface area contributed by atoms with Gasteiger partial charge in [-0.15, -0.1) is 0 Å². The predicted octanol–water partition coefficient (Wildman–Crippen LogP) is 3.34. The number of nitrogens with zero attached hydrogens (tertiary/aromatic N) is 1. The standard InChI is InChI=1S/C10H17N/c1-6-8(3)10(5)11-9(4)7-2/h6-7H,1-5H3/b8-6-,9-7+,11-10-. The summed E-state index contributed by atoms with van der Waals surface area (Å²) in [4.78, 5) is 4.38. The van der Waals surface area contributed by atoms with Gasteiger partial charge in [0.25, 0.3) is 0 Å². The molecule has 0 unspecified atom stereocenters. The minimum Gasteiger partial charge on any atom is -0.259 e. The highest BCUT2D eigenvalue weighted by molar-refractivity contribution is 5.98. The van der Waals surface area contributed by atoms with Crippen LogP contribution in [0, 0.1) is 0 Å². The number of allylic oxidation sites excluding steroid dienone is 4. The van der Waals surface area contributed by atoms with E-state index in [1.54, 1.807) is 0 Å². The summed E-state index contributed by atoms with van der Waals surface area (Å²) in [5.74, 6) is 0. The summed E-state index contributed by atoms with van der Waals surface area (Å²) in [6.07, 6.45) is 4.08. The second-order valence-corrected chi connectivity index (χ2v) is 2.60. The molecule has 0 fully saturated rings. The summed E-state index contributed by atoms with van der Waals surface area (Å²) >= 11 is 0. The highest BCUT2D eigenvalue weighted by atomic mass is 14.7. The average molecular weight is 151 g/mol. The molecule has 0 aliphatic heterocycles. The molecule has 0 aliphatic rings. The fourth-order valence-electron chi connectivity index (χ4n) is 0.626. The SMILES string of the molecule is C\C=C(C)/C(C)=N\C(C)=C\C. The molecule has 0 saturated heterocycles. The van der Waals surface area contributed by atoms with Crippen molar-refractivity contribution in [2.24, 2.45) is 4.99 Å². The predicted molar refractivity (Wildman–Crippen MR) is 52.0 cm³/mol. The van der Waals surface area contributed by atoms with Crippen LogP contribution < -0.4 is 0 Å². The summed E-state index contributed by atoms with van der Waals surface area (Å²) in [7, 11) is 0. The van der Waals surface area contributed by atoms with Gasteiger partial charge in [-0.1, -0.05) is 12.2 Å². The van der Waals surface area contributed by atoms with Crippen molar-refractivity contribution in [2.75, 3.05) is 0 Å². The van der Waals surface area contributed by atoms with E-state index in [0.717, 1.165) is 11.4 Å². The van der Waals surface area contributed by atoms with Crippen LogP contribution in [0.3, 0.4) is 0 Å². The molecule has 0 heterocycles. The largest absolute Gasteiger partial charge is 0.259 e. The van der Waals surface area contributed by atoms with Crippen molar-refractivity contribution in [3.63, 3.8) is 0 Å². The Hall–Kier alpha value is -0.850. The van der Waals surface area contributed by atoms with Crippen LogP contribution in [0.5, 0.6) is 0 Å². The molecule has 0 N–H and O–H groups in total. The summed E-state index contributed by atoms with van der Waals surface area (Å²) in [5, 5.41) is 0. The first-order valence-electron chi connectivity index (χ1n) is 3.93. The minimum atomic E-state index is 1.07. The Labute approximate surface area is 69.5 Å². The molecule has 0 aliphatic carbocycles. The molecule has 0 aromatic carbocycles. The Kier molecular flexibility index (Phi) is 4.51. The normalized spacial score (nSPS) is 15.5. The van der Waals surface area contributed by atoms with Crippen LogP contribution in [0.25, 0.3) is 0 Å². The molecular formula is C10H17N. The number of rotatable bonds is 2. The Balaban J connectivity index is 4.47. The maximum Gasteiger partial charge on any atom is 0.0401 e. The molecule has 0 bridgehead atoms. The fourth-order valence-corrected chi connectivity index (χ4v) is 0.626. The smallest absolute Gasteiger partial charge is 0.0401 e. The monoisotopic (exact) mass is 151 g/mol. The quantitative estimate of drug-likeness (QED) is 0.537. The Morgan fingerprint density at radius 3 is 1.91 bits per heavy atom. The van der Waals surface area contributed by atoms with Crippen LogP contribution in [-0.2, 0) is 0 Å². The van der Waals surface area contributed by atoms with Gasteiger partial charge in [-0.2, -0.15) is 0 Å². The third kappa shape index (κ3) is 3.76. The summed E-state index contributed by atoms with van der Waals surface area (Å²) in [5.41, 5.74) is 3.41. The molecule has 11 heavy (non-hydrogen) atoms. The number of hydrogen-bond donors (Lipinski definition) is 0. The lowest BCUT2D eigenvalue weighted by atomic mass is 10.2. The lowest BCUT2D eigenvalue weighted by Gasteiger charge is -1.98. The van der Waals surface area contributed by atoms with E-state index in [1.165, 1.54) is 5.57 Å². The topological polar surface area (TPSA) is 12.4 Å². The summed E-state index contributed by atoms with van der Waals surface area (Å²) in [6.45, 7) is 10.1. The molecule has 0 spiro atoms. The van der Waals surface area contributed by atoms with E-state index in [0.29, 0.717) is 0 Å². The molecule has 1 heteroatoms. The van der Waals surface area contributed by atoms with Gasteiger partial charge in [0.05, 0.1) is 0 Å². The highest BCUT2D eigenvalue weighted by Crippen LogP contribution is 2.01. The fraction of sp³-hybridized carbons (Fsp3) is 0.500. The van der Waals surface area contributed by atoms with Gasteiger partial charge < -0.3 is 0 Å². The van der Waals surface area contributed by atoms with Crippen molar-refractivity contribution in [3.05, 3.63) is 23.4 Å². The second-order valence-electron chi connectivity index (χ2n) is 2.60. The lowest BCUT2D eigenvalue weighted by Crippen LogP contribution is -1.92. The first-order chi connectivity index (χ1) is 5.11. The van der Waals surface area contributed by atoms with Crippen molar-refractivity contribution >= 4 is 5.71 Å². The van der Waals surface area contributed by atoms with Crippen LogP contribution >= 0.6 is 0 Å². The van der Waals surface area contributed by atoms with Gasteiger partial charge in [0.1, 0.15) is 0 Å². The molecule has 0 saturated carbocycles. The van der Waals surface area contributed by atoms with Crippen LogP contribution in [0.4, 0.5) is 0 Å². The first kappa shape index (κ1) is 10.2. The van der Waals surface area contributed by atoms with Gasteiger partial charge in [-0.05, 0) is 40.2 Å². The van der Waals surface area contributed by atoms with Crippen molar-refractivity contribution in [2.45, 2.75) is 34.6 Å². The molecular weight excluding hydrogens is 134 g/mol. The molecule has 1 nitrogen and oxygen atoms in total. The van der Waals surface area contributed by atoms with Gasteiger partial charge in [0.2, 0.25) is 0 Å². The number of hydrogen-bond acceptors (Lipinski definition) is 1. The van der Waals surface area contributed by atoms with E-state index < -0.39 is 0 Å². The van der Waals surface area contributed by atoms with Gasteiger partial charge in [0, 0.05) is 11.4 Å². The molecule has 0 amide bonds. The zero-order chi connectivity index (χ0) is 8.85. The Morgan fingerprint density at radius 2 is 1.55 bits per heavy atom. The van der Waals surface area contributed by atoms with E-state index in [4.69, 9.17) is 0 Å². The maximum atomic E-state index is 4.38. The van der Waals surface area contributed by atoms with Crippen molar-refractivity contribution in [3.8, 4) is 0 Å². The molecule has 0 aromatic heterocycles. The third-order valence-corrected chi connectivity index (χ3v) is 1.77. The molecule has 0 radical (unpaired) electrons. The number of aliphatic imine (C=N–C) groups is 1. The van der Waals surface area contributed by atoms with E-state index in [9.17, 15) is 0 Å². The van der Waals surface area contributed by atoms with Crippen LogP contribution in [0.15, 0.2) is 28.4 Å². The molecule has 0 rings (SSSR count). The Bertz CT molecular complexity index is 207. The van der Waals surface area contributed by atoms with Crippen molar-refractivity contribution in [1.82, 2.24) is 0 Å². The lowest BCUT2D eigenvalue weighted by molar-refractivity contribution is 1.27. The second kappa shape index (κ2) is 4.89. The average Bonchev–Trinajstić information content (AvgIpc) is 2.02. The van der Waals surface area contributed by atoms with Crippen LogP contribution in [0.1, 0.15) is 34.6 Å². The first-order valence-corrected chi connectivity index (χ1v) is 3.93. The van der Waals surface area contributed by atoms with Gasteiger partial charge in [-0.25, -0.2) is 0 Å². The van der Waals surface area contributed by atoms with Crippen LogP contribution in [0.2, 0.25) is 0 Å². The van der Waals surface area contributed by atoms with Gasteiger partial charge >= 0.3 is 0 Å². The molecule has 0 aromatic rings. The maximum absolute atomic E-state index is 4.38. The zero-order valence-electron chi connectivity index (χ0n) is 8.10. The van der Waals surface area contributed by atoms with Gasteiger partial charge in [0.15, 0.2) is 0 Å². The molecule has 62 valence electrons. The van der Waals surface area contributed by atoms with Crippen molar-refractivity contribution < 1.29 is 0 Å².